The molecule has 0 bridgehead atoms. The summed E-state index contributed by atoms with van der Waals surface area (Å²) in [5, 5.41) is 9.90. The first-order valence-corrected chi connectivity index (χ1v) is 8.77. The van der Waals surface area contributed by atoms with Gasteiger partial charge in [-0.15, -0.1) is 11.3 Å². The van der Waals surface area contributed by atoms with Crippen LogP contribution in [0.15, 0.2) is 41.8 Å². The minimum absolute atomic E-state index is 0.0749. The number of rotatable bonds is 6. The molecule has 25 heavy (non-hydrogen) atoms. The zero-order chi connectivity index (χ0) is 18.4. The zero-order valence-corrected chi connectivity index (χ0v) is 15.1. The van der Waals surface area contributed by atoms with Crippen molar-refractivity contribution in [1.82, 2.24) is 10.6 Å². The van der Waals surface area contributed by atoms with Gasteiger partial charge >= 0.3 is 0 Å². The quantitative estimate of drug-likeness (QED) is 0.740. The molecule has 1 aromatic carbocycles. The van der Waals surface area contributed by atoms with E-state index in [1.54, 1.807) is 43.4 Å². The smallest absolute Gasteiger partial charge is 0.262 e. The normalized spacial score (nSPS) is 11.7. The van der Waals surface area contributed by atoms with Gasteiger partial charge in [-0.1, -0.05) is 19.9 Å². The number of hydrogen-bond acceptors (Lipinski definition) is 4. The van der Waals surface area contributed by atoms with Gasteiger partial charge in [0.1, 0.15) is 6.04 Å². The third-order valence-corrected chi connectivity index (χ3v) is 4.49. The molecule has 0 aliphatic carbocycles. The van der Waals surface area contributed by atoms with Crippen molar-refractivity contribution < 1.29 is 14.4 Å². The number of thiophene rings is 1. The van der Waals surface area contributed by atoms with Crippen molar-refractivity contribution in [1.29, 1.82) is 0 Å². The summed E-state index contributed by atoms with van der Waals surface area (Å²) in [5.41, 5.74) is 1.07. The third kappa shape index (κ3) is 4.90. The molecule has 132 valence electrons. The minimum Gasteiger partial charge on any atom is -0.355 e. The monoisotopic (exact) mass is 359 g/mol. The second kappa shape index (κ2) is 8.43. The molecule has 0 aliphatic heterocycles. The van der Waals surface area contributed by atoms with Gasteiger partial charge in [0.05, 0.1) is 4.88 Å². The van der Waals surface area contributed by atoms with E-state index >= 15 is 0 Å². The first kappa shape index (κ1) is 18.7. The summed E-state index contributed by atoms with van der Waals surface area (Å²) in [5.74, 6) is -0.832. The van der Waals surface area contributed by atoms with Crippen molar-refractivity contribution in [3.05, 3.63) is 52.2 Å². The molecule has 0 fully saturated rings. The van der Waals surface area contributed by atoms with Gasteiger partial charge in [-0.2, -0.15) is 0 Å². The van der Waals surface area contributed by atoms with Crippen LogP contribution in [0.2, 0.25) is 0 Å². The molecule has 2 rings (SSSR count). The first-order chi connectivity index (χ1) is 11.9. The Morgan fingerprint density at radius 1 is 1.00 bits per heavy atom. The molecule has 1 heterocycles. The molecule has 1 atom stereocenters. The van der Waals surface area contributed by atoms with Crippen LogP contribution in [0, 0.1) is 5.92 Å². The number of benzene rings is 1. The van der Waals surface area contributed by atoms with E-state index < -0.39 is 6.04 Å². The maximum Gasteiger partial charge on any atom is 0.262 e. The topological polar surface area (TPSA) is 87.3 Å². The summed E-state index contributed by atoms with van der Waals surface area (Å²) in [6.45, 7) is 3.74. The SMILES string of the molecule is CNC(=O)c1ccc(NC(=O)[C@H](NC(=O)c2cccs2)C(C)C)cc1. The molecular formula is C18H21N3O3S. The van der Waals surface area contributed by atoms with Gasteiger partial charge in [0.15, 0.2) is 0 Å². The zero-order valence-electron chi connectivity index (χ0n) is 14.3. The fraction of sp³-hybridized carbons (Fsp3) is 0.278. The van der Waals surface area contributed by atoms with Crippen molar-refractivity contribution in [3.63, 3.8) is 0 Å². The Morgan fingerprint density at radius 2 is 1.68 bits per heavy atom. The predicted molar refractivity (Wildman–Crippen MR) is 98.9 cm³/mol. The Morgan fingerprint density at radius 3 is 2.20 bits per heavy atom. The molecule has 3 amide bonds. The molecule has 0 spiro atoms. The molecule has 0 aliphatic rings. The second-order valence-corrected chi connectivity index (χ2v) is 6.77. The molecule has 0 saturated heterocycles. The van der Waals surface area contributed by atoms with Gasteiger partial charge < -0.3 is 16.0 Å². The van der Waals surface area contributed by atoms with Crippen LogP contribution in [0.3, 0.4) is 0 Å². The number of hydrogen-bond donors (Lipinski definition) is 3. The summed E-state index contributed by atoms with van der Waals surface area (Å²) in [6.07, 6.45) is 0. The maximum absolute atomic E-state index is 12.5. The highest BCUT2D eigenvalue weighted by atomic mass is 32.1. The van der Waals surface area contributed by atoms with Crippen molar-refractivity contribution in [3.8, 4) is 0 Å². The molecule has 1 aromatic heterocycles. The number of amides is 3. The number of carbonyl (C=O) groups excluding carboxylic acids is 3. The van der Waals surface area contributed by atoms with Crippen LogP contribution in [0.5, 0.6) is 0 Å². The van der Waals surface area contributed by atoms with Crippen molar-refractivity contribution in [2.24, 2.45) is 5.92 Å². The fourth-order valence-corrected chi connectivity index (χ4v) is 2.85. The molecular weight excluding hydrogens is 338 g/mol. The number of carbonyl (C=O) groups is 3. The maximum atomic E-state index is 12.5. The van der Waals surface area contributed by atoms with Crippen molar-refractivity contribution in [2.75, 3.05) is 12.4 Å². The van der Waals surface area contributed by atoms with E-state index in [2.05, 4.69) is 16.0 Å². The lowest BCUT2D eigenvalue weighted by atomic mass is 10.0. The highest BCUT2D eigenvalue weighted by molar-refractivity contribution is 7.12. The van der Waals surface area contributed by atoms with Crippen molar-refractivity contribution >= 4 is 34.7 Å². The van der Waals surface area contributed by atoms with Crippen LogP contribution in [0.1, 0.15) is 33.9 Å². The average Bonchev–Trinajstić information content (AvgIpc) is 3.13. The van der Waals surface area contributed by atoms with Crippen molar-refractivity contribution in [2.45, 2.75) is 19.9 Å². The standard InChI is InChI=1S/C18H21N3O3S/c1-11(2)15(21-17(23)14-5-4-10-25-14)18(24)20-13-8-6-12(7-9-13)16(22)19-3/h4-11,15H,1-3H3,(H,19,22)(H,20,24)(H,21,23)/t15-/m1/s1. The Bertz CT molecular complexity index is 739. The lowest BCUT2D eigenvalue weighted by Crippen LogP contribution is -2.46. The van der Waals surface area contributed by atoms with Gasteiger partial charge in [-0.25, -0.2) is 0 Å². The molecule has 0 radical (unpaired) electrons. The fourth-order valence-electron chi connectivity index (χ4n) is 2.22. The number of anilines is 1. The summed E-state index contributed by atoms with van der Waals surface area (Å²) in [6, 6.07) is 9.41. The largest absolute Gasteiger partial charge is 0.355 e. The molecule has 7 heteroatoms. The van der Waals surface area contributed by atoms with E-state index in [-0.39, 0.29) is 23.6 Å². The summed E-state index contributed by atoms with van der Waals surface area (Å²) < 4.78 is 0. The molecule has 3 N–H and O–H groups in total. The third-order valence-electron chi connectivity index (χ3n) is 3.62. The molecule has 0 saturated carbocycles. The van der Waals surface area contributed by atoms with Crippen LogP contribution in [-0.2, 0) is 4.79 Å². The van der Waals surface area contributed by atoms with Crippen LogP contribution < -0.4 is 16.0 Å². The van der Waals surface area contributed by atoms with E-state index in [1.165, 1.54) is 11.3 Å². The lowest BCUT2D eigenvalue weighted by molar-refractivity contribution is -0.118. The van der Waals surface area contributed by atoms with Crippen LogP contribution in [0.25, 0.3) is 0 Å². The van der Waals surface area contributed by atoms with Crippen LogP contribution >= 0.6 is 11.3 Å². The van der Waals surface area contributed by atoms with Gasteiger partial charge in [-0.05, 0) is 41.6 Å². The van der Waals surface area contributed by atoms with E-state index in [9.17, 15) is 14.4 Å². The molecule has 6 nitrogen and oxygen atoms in total. The lowest BCUT2D eigenvalue weighted by Gasteiger charge is -2.21. The predicted octanol–water partition coefficient (Wildman–Crippen LogP) is 2.50. The highest BCUT2D eigenvalue weighted by Gasteiger charge is 2.25. The van der Waals surface area contributed by atoms with Crippen LogP contribution in [0.4, 0.5) is 5.69 Å². The Balaban J connectivity index is 2.05. The van der Waals surface area contributed by atoms with E-state index in [1.807, 2.05) is 19.2 Å². The Kier molecular flexibility index (Phi) is 6.30. The minimum atomic E-state index is -0.659. The average molecular weight is 359 g/mol. The summed E-state index contributed by atoms with van der Waals surface area (Å²) in [4.78, 5) is 36.8. The second-order valence-electron chi connectivity index (χ2n) is 5.82. The van der Waals surface area contributed by atoms with Crippen LogP contribution in [-0.4, -0.2) is 30.8 Å². The molecule has 0 unspecified atom stereocenters. The van der Waals surface area contributed by atoms with E-state index in [0.29, 0.717) is 16.1 Å². The summed E-state index contributed by atoms with van der Waals surface area (Å²) >= 11 is 1.33. The van der Waals surface area contributed by atoms with Gasteiger partial charge in [0.2, 0.25) is 5.91 Å². The summed E-state index contributed by atoms with van der Waals surface area (Å²) in [7, 11) is 1.56. The van der Waals surface area contributed by atoms with Gasteiger partial charge in [0.25, 0.3) is 11.8 Å². The first-order valence-electron chi connectivity index (χ1n) is 7.89. The van der Waals surface area contributed by atoms with Gasteiger partial charge in [0, 0.05) is 18.3 Å². The molecule has 2 aromatic rings. The Labute approximate surface area is 150 Å². The highest BCUT2D eigenvalue weighted by Crippen LogP contribution is 2.14. The number of nitrogens with one attached hydrogen (secondary N) is 3. The Hall–Kier alpha value is -2.67. The van der Waals surface area contributed by atoms with Gasteiger partial charge in [-0.3, -0.25) is 14.4 Å². The van der Waals surface area contributed by atoms with E-state index in [4.69, 9.17) is 0 Å². The van der Waals surface area contributed by atoms with E-state index in [0.717, 1.165) is 0 Å².